The van der Waals surface area contributed by atoms with E-state index in [0.717, 1.165) is 12.8 Å². The lowest BCUT2D eigenvalue weighted by Crippen LogP contribution is -2.48. The van der Waals surface area contributed by atoms with Crippen LogP contribution in [-0.4, -0.2) is 23.7 Å². The second-order valence-electron chi connectivity index (χ2n) is 6.45. The Balaban J connectivity index is 1.83. The monoisotopic (exact) mass is 289 g/mol. The molecule has 0 radical (unpaired) electrons. The molecular weight excluding hydrogens is 262 g/mol. The van der Waals surface area contributed by atoms with Crippen molar-refractivity contribution in [2.45, 2.75) is 58.4 Å². The maximum atomic E-state index is 11.5. The molecule has 1 saturated carbocycles. The van der Waals surface area contributed by atoms with E-state index >= 15 is 0 Å². The van der Waals surface area contributed by atoms with E-state index in [9.17, 15) is 9.90 Å². The summed E-state index contributed by atoms with van der Waals surface area (Å²) in [6, 6.07) is 9.23. The lowest BCUT2D eigenvalue weighted by atomic mass is 9.74. The van der Waals surface area contributed by atoms with Crippen molar-refractivity contribution < 1.29 is 9.90 Å². The summed E-state index contributed by atoms with van der Waals surface area (Å²) in [5, 5.41) is 12.9. The molecule has 0 aliphatic heterocycles. The minimum Gasteiger partial charge on any atom is -0.481 e. The van der Waals surface area contributed by atoms with Gasteiger partial charge in [-0.1, -0.05) is 43.7 Å². The van der Waals surface area contributed by atoms with Crippen LogP contribution in [0.5, 0.6) is 0 Å². The molecule has 3 heteroatoms. The number of carbonyl (C=O) groups is 1. The van der Waals surface area contributed by atoms with E-state index < -0.39 is 11.4 Å². The largest absolute Gasteiger partial charge is 0.481 e. The zero-order valence-corrected chi connectivity index (χ0v) is 13.4. The Labute approximate surface area is 127 Å². The predicted octanol–water partition coefficient (Wildman–Crippen LogP) is 3.72. The van der Waals surface area contributed by atoms with Crippen LogP contribution < -0.4 is 5.32 Å². The van der Waals surface area contributed by atoms with Crippen molar-refractivity contribution in [1.82, 2.24) is 5.32 Å². The first-order chi connectivity index (χ1) is 10.0. The van der Waals surface area contributed by atoms with Crippen LogP contribution in [0.2, 0.25) is 0 Å². The van der Waals surface area contributed by atoms with Crippen LogP contribution in [0.4, 0.5) is 0 Å². The Kier molecular flexibility index (Phi) is 5.04. The Bertz CT molecular complexity index is 470. The minimum atomic E-state index is -0.672. The van der Waals surface area contributed by atoms with Crippen LogP contribution in [-0.2, 0) is 4.79 Å². The average Bonchev–Trinajstić information content (AvgIpc) is 2.43. The van der Waals surface area contributed by atoms with Gasteiger partial charge in [0.1, 0.15) is 0 Å². The van der Waals surface area contributed by atoms with Gasteiger partial charge in [-0.15, -0.1) is 0 Å². The molecule has 0 aromatic heterocycles. The quantitative estimate of drug-likeness (QED) is 0.804. The summed E-state index contributed by atoms with van der Waals surface area (Å²) < 4.78 is 0. The van der Waals surface area contributed by atoms with Crippen molar-refractivity contribution in [3.05, 3.63) is 35.4 Å². The van der Waals surface area contributed by atoms with Crippen molar-refractivity contribution in [3.8, 4) is 0 Å². The molecular formula is C18H27NO2. The van der Waals surface area contributed by atoms with Gasteiger partial charge in [0.25, 0.3) is 0 Å². The Morgan fingerprint density at radius 2 is 1.81 bits per heavy atom. The number of rotatable bonds is 7. The molecule has 0 saturated heterocycles. The summed E-state index contributed by atoms with van der Waals surface area (Å²) in [7, 11) is 0. The van der Waals surface area contributed by atoms with E-state index in [1.165, 1.54) is 11.1 Å². The number of carboxylic acid groups (broad SMARTS) is 1. The molecule has 3 nitrogen and oxygen atoms in total. The number of aliphatic carboxylic acids is 1. The van der Waals surface area contributed by atoms with E-state index in [4.69, 9.17) is 0 Å². The molecule has 2 N–H and O–H groups in total. The summed E-state index contributed by atoms with van der Waals surface area (Å²) in [6.07, 6.45) is 3.60. The molecule has 0 bridgehead atoms. The van der Waals surface area contributed by atoms with Gasteiger partial charge in [0.15, 0.2) is 0 Å². The SMILES string of the molecule is CCC(CC)(CNC1CC(c2ccc(C)cc2)C1)C(=O)O. The zero-order chi connectivity index (χ0) is 15.5. The van der Waals surface area contributed by atoms with Crippen molar-refractivity contribution in [3.63, 3.8) is 0 Å². The van der Waals surface area contributed by atoms with Gasteiger partial charge in [0.2, 0.25) is 0 Å². The predicted molar refractivity (Wildman–Crippen MR) is 85.6 cm³/mol. The molecule has 1 fully saturated rings. The maximum Gasteiger partial charge on any atom is 0.310 e. The van der Waals surface area contributed by atoms with Crippen LogP contribution in [0.3, 0.4) is 0 Å². The summed E-state index contributed by atoms with van der Waals surface area (Å²) in [5.74, 6) is -0.0417. The fourth-order valence-corrected chi connectivity index (χ4v) is 3.11. The van der Waals surface area contributed by atoms with Gasteiger partial charge in [-0.05, 0) is 44.1 Å². The van der Waals surface area contributed by atoms with Gasteiger partial charge in [0, 0.05) is 12.6 Å². The Morgan fingerprint density at radius 3 is 2.29 bits per heavy atom. The van der Waals surface area contributed by atoms with E-state index in [1.807, 2.05) is 13.8 Å². The van der Waals surface area contributed by atoms with Gasteiger partial charge in [-0.25, -0.2) is 0 Å². The first-order valence-electron chi connectivity index (χ1n) is 8.04. The highest BCUT2D eigenvalue weighted by Gasteiger charge is 2.37. The number of carboxylic acids is 1. The fraction of sp³-hybridized carbons (Fsp3) is 0.611. The third-order valence-electron chi connectivity index (χ3n) is 5.22. The summed E-state index contributed by atoms with van der Waals surface area (Å²) >= 11 is 0. The van der Waals surface area contributed by atoms with Gasteiger partial charge < -0.3 is 10.4 Å². The number of aryl methyl sites for hydroxylation is 1. The highest BCUT2D eigenvalue weighted by Crippen LogP contribution is 2.37. The fourth-order valence-electron chi connectivity index (χ4n) is 3.11. The molecule has 1 aliphatic carbocycles. The van der Waals surface area contributed by atoms with Gasteiger partial charge >= 0.3 is 5.97 Å². The topological polar surface area (TPSA) is 49.3 Å². The molecule has 1 aliphatic rings. The second kappa shape index (κ2) is 6.61. The molecule has 1 aromatic carbocycles. The van der Waals surface area contributed by atoms with Gasteiger partial charge in [-0.2, -0.15) is 0 Å². The normalized spacial score (nSPS) is 21.9. The van der Waals surface area contributed by atoms with Crippen LogP contribution in [0, 0.1) is 12.3 Å². The van der Waals surface area contributed by atoms with Crippen LogP contribution >= 0.6 is 0 Å². The highest BCUT2D eigenvalue weighted by molar-refractivity contribution is 5.74. The number of benzene rings is 1. The summed E-state index contributed by atoms with van der Waals surface area (Å²) in [6.45, 7) is 6.63. The molecule has 0 spiro atoms. The van der Waals surface area contributed by atoms with Crippen molar-refractivity contribution in [2.75, 3.05) is 6.54 Å². The number of nitrogens with one attached hydrogen (secondary N) is 1. The molecule has 21 heavy (non-hydrogen) atoms. The lowest BCUT2D eigenvalue weighted by Gasteiger charge is -2.39. The molecule has 0 heterocycles. The lowest BCUT2D eigenvalue weighted by molar-refractivity contribution is -0.149. The van der Waals surface area contributed by atoms with Crippen molar-refractivity contribution in [1.29, 1.82) is 0 Å². The van der Waals surface area contributed by atoms with Crippen LogP contribution in [0.15, 0.2) is 24.3 Å². The van der Waals surface area contributed by atoms with Gasteiger partial charge in [-0.3, -0.25) is 4.79 Å². The highest BCUT2D eigenvalue weighted by atomic mass is 16.4. The van der Waals surface area contributed by atoms with Crippen molar-refractivity contribution >= 4 is 5.97 Å². The van der Waals surface area contributed by atoms with E-state index in [0.29, 0.717) is 31.3 Å². The average molecular weight is 289 g/mol. The summed E-state index contributed by atoms with van der Waals surface area (Å²) in [5.41, 5.74) is 2.11. The molecule has 2 rings (SSSR count). The molecule has 116 valence electrons. The smallest absolute Gasteiger partial charge is 0.310 e. The molecule has 0 atom stereocenters. The molecule has 0 amide bonds. The third-order valence-corrected chi connectivity index (χ3v) is 5.22. The van der Waals surface area contributed by atoms with Crippen LogP contribution in [0.25, 0.3) is 0 Å². The second-order valence-corrected chi connectivity index (χ2v) is 6.45. The first-order valence-corrected chi connectivity index (χ1v) is 8.04. The summed E-state index contributed by atoms with van der Waals surface area (Å²) in [4.78, 5) is 11.5. The standard InChI is InChI=1S/C18H27NO2/c1-4-18(5-2,17(20)21)12-19-16-10-15(11-16)14-8-6-13(3)7-9-14/h6-9,15-16,19H,4-5,10-12H2,1-3H3,(H,20,21). The van der Waals surface area contributed by atoms with E-state index in [1.54, 1.807) is 0 Å². The van der Waals surface area contributed by atoms with Crippen LogP contribution in [0.1, 0.15) is 56.6 Å². The number of hydrogen-bond acceptors (Lipinski definition) is 2. The van der Waals surface area contributed by atoms with Crippen molar-refractivity contribution in [2.24, 2.45) is 5.41 Å². The third kappa shape index (κ3) is 3.46. The molecule has 0 unspecified atom stereocenters. The first kappa shape index (κ1) is 16.0. The Hall–Kier alpha value is -1.35. The van der Waals surface area contributed by atoms with E-state index in [-0.39, 0.29) is 0 Å². The maximum absolute atomic E-state index is 11.5. The van der Waals surface area contributed by atoms with E-state index in [2.05, 4.69) is 36.5 Å². The molecule has 1 aromatic rings. The minimum absolute atomic E-state index is 0.466. The Morgan fingerprint density at radius 1 is 1.24 bits per heavy atom. The zero-order valence-electron chi connectivity index (χ0n) is 13.4. The van der Waals surface area contributed by atoms with Gasteiger partial charge in [0.05, 0.1) is 5.41 Å². The number of hydrogen-bond donors (Lipinski definition) is 2.